The van der Waals surface area contributed by atoms with Crippen LogP contribution in [0.15, 0.2) is 0 Å². The van der Waals surface area contributed by atoms with Crippen molar-refractivity contribution in [2.24, 2.45) is 5.73 Å². The number of ether oxygens (including phenoxy) is 1. The van der Waals surface area contributed by atoms with Gasteiger partial charge in [0.2, 0.25) is 5.91 Å². The van der Waals surface area contributed by atoms with Crippen molar-refractivity contribution in [3.05, 3.63) is 0 Å². The van der Waals surface area contributed by atoms with E-state index in [1.54, 1.807) is 6.92 Å². The first kappa shape index (κ1) is 15.7. The average molecular weight is 251 g/mol. The molecule has 0 spiro atoms. The second-order valence-electron chi connectivity index (χ2n) is 4.52. The number of nitrogens with two attached hydrogens (primary N) is 1. The van der Waals surface area contributed by atoms with E-state index in [0.29, 0.717) is 6.54 Å². The van der Waals surface area contributed by atoms with Crippen LogP contribution in [-0.4, -0.2) is 31.2 Å². The zero-order chi connectivity index (χ0) is 11.3. The molecule has 0 radical (unpaired) electrons. The van der Waals surface area contributed by atoms with Crippen LogP contribution >= 0.6 is 12.4 Å². The Morgan fingerprint density at radius 2 is 2.00 bits per heavy atom. The van der Waals surface area contributed by atoms with Crippen molar-refractivity contribution in [2.45, 2.75) is 50.7 Å². The monoisotopic (exact) mass is 250 g/mol. The summed E-state index contributed by atoms with van der Waals surface area (Å²) >= 11 is 0. The SMILES string of the molecule is COC(C)C(=O)NCC1(N)CCCCC1.Cl. The van der Waals surface area contributed by atoms with Gasteiger partial charge in [0, 0.05) is 19.2 Å². The molecule has 1 unspecified atom stereocenters. The summed E-state index contributed by atoms with van der Waals surface area (Å²) in [7, 11) is 1.53. The first-order valence-corrected chi connectivity index (χ1v) is 5.67. The summed E-state index contributed by atoms with van der Waals surface area (Å²) in [4.78, 5) is 11.5. The fraction of sp³-hybridized carbons (Fsp3) is 0.909. The van der Waals surface area contributed by atoms with E-state index in [9.17, 15) is 4.79 Å². The Hall–Kier alpha value is -0.320. The smallest absolute Gasteiger partial charge is 0.248 e. The molecular weight excluding hydrogens is 228 g/mol. The minimum absolute atomic E-state index is 0. The molecule has 0 aromatic carbocycles. The second-order valence-corrected chi connectivity index (χ2v) is 4.52. The molecule has 3 N–H and O–H groups in total. The standard InChI is InChI=1S/C11H22N2O2.ClH/c1-9(15-2)10(14)13-8-11(12)6-4-3-5-7-11;/h9H,3-8,12H2,1-2H3,(H,13,14);1H. The van der Waals surface area contributed by atoms with Crippen molar-refractivity contribution >= 4 is 18.3 Å². The van der Waals surface area contributed by atoms with Crippen LogP contribution in [0.25, 0.3) is 0 Å². The summed E-state index contributed by atoms with van der Waals surface area (Å²) < 4.78 is 4.93. The van der Waals surface area contributed by atoms with Crippen LogP contribution in [0, 0.1) is 0 Å². The highest BCUT2D eigenvalue weighted by atomic mass is 35.5. The summed E-state index contributed by atoms with van der Waals surface area (Å²) in [6.07, 6.45) is 5.24. The van der Waals surface area contributed by atoms with Crippen molar-refractivity contribution in [3.8, 4) is 0 Å². The zero-order valence-corrected chi connectivity index (χ0v) is 10.9. The lowest BCUT2D eigenvalue weighted by Gasteiger charge is -2.33. The highest BCUT2D eigenvalue weighted by molar-refractivity contribution is 5.85. The normalized spacial score (nSPS) is 20.7. The Bertz CT molecular complexity index is 218. The number of rotatable bonds is 4. The summed E-state index contributed by atoms with van der Waals surface area (Å²) in [5.41, 5.74) is 6.00. The lowest BCUT2D eigenvalue weighted by molar-refractivity contribution is -0.130. The van der Waals surface area contributed by atoms with E-state index < -0.39 is 6.10 Å². The van der Waals surface area contributed by atoms with E-state index in [4.69, 9.17) is 10.5 Å². The molecule has 1 aliphatic carbocycles. The molecule has 0 aliphatic heterocycles. The van der Waals surface area contributed by atoms with Gasteiger partial charge in [0.25, 0.3) is 0 Å². The molecule has 0 bridgehead atoms. The molecule has 0 aromatic heterocycles. The first-order chi connectivity index (χ1) is 7.07. The summed E-state index contributed by atoms with van der Waals surface area (Å²) in [5, 5.41) is 2.85. The number of halogens is 1. The number of nitrogens with one attached hydrogen (secondary N) is 1. The van der Waals surface area contributed by atoms with E-state index in [0.717, 1.165) is 12.8 Å². The summed E-state index contributed by atoms with van der Waals surface area (Å²) in [6, 6.07) is 0. The van der Waals surface area contributed by atoms with Crippen molar-refractivity contribution < 1.29 is 9.53 Å². The molecule has 1 atom stereocenters. The van der Waals surface area contributed by atoms with Gasteiger partial charge in [0.15, 0.2) is 0 Å². The molecule has 96 valence electrons. The largest absolute Gasteiger partial charge is 0.372 e. The third-order valence-corrected chi connectivity index (χ3v) is 3.19. The van der Waals surface area contributed by atoms with Crippen molar-refractivity contribution in [1.29, 1.82) is 0 Å². The maximum absolute atomic E-state index is 11.5. The zero-order valence-electron chi connectivity index (χ0n) is 10.1. The molecule has 0 heterocycles. The van der Waals surface area contributed by atoms with Gasteiger partial charge in [-0.05, 0) is 19.8 Å². The molecule has 0 aromatic rings. The molecule has 1 saturated carbocycles. The van der Waals surface area contributed by atoms with Crippen molar-refractivity contribution in [1.82, 2.24) is 5.32 Å². The third-order valence-electron chi connectivity index (χ3n) is 3.19. The summed E-state index contributed by atoms with van der Waals surface area (Å²) in [5.74, 6) is -0.0760. The number of carbonyl (C=O) groups is 1. The molecule has 5 heteroatoms. The van der Waals surface area contributed by atoms with E-state index in [1.165, 1.54) is 26.4 Å². The predicted molar refractivity (Wildman–Crippen MR) is 66.7 cm³/mol. The lowest BCUT2D eigenvalue weighted by Crippen LogP contribution is -2.52. The van der Waals surface area contributed by atoms with Crippen molar-refractivity contribution in [2.75, 3.05) is 13.7 Å². The van der Waals surface area contributed by atoms with Crippen LogP contribution in [0.1, 0.15) is 39.0 Å². The Morgan fingerprint density at radius 1 is 1.44 bits per heavy atom. The van der Waals surface area contributed by atoms with Crippen LogP contribution in [0.4, 0.5) is 0 Å². The maximum atomic E-state index is 11.5. The lowest BCUT2D eigenvalue weighted by atomic mass is 9.82. The number of hydrogen-bond acceptors (Lipinski definition) is 3. The van der Waals surface area contributed by atoms with Gasteiger partial charge in [-0.25, -0.2) is 0 Å². The van der Waals surface area contributed by atoms with E-state index in [-0.39, 0.29) is 23.9 Å². The number of amides is 1. The topological polar surface area (TPSA) is 64.3 Å². The Labute approximate surface area is 104 Å². The van der Waals surface area contributed by atoms with E-state index in [2.05, 4.69) is 5.32 Å². The molecule has 1 aliphatic rings. The molecule has 1 amide bonds. The number of methoxy groups -OCH3 is 1. The van der Waals surface area contributed by atoms with Gasteiger partial charge in [-0.3, -0.25) is 4.79 Å². The highest BCUT2D eigenvalue weighted by Gasteiger charge is 2.28. The fourth-order valence-electron chi connectivity index (χ4n) is 1.95. The molecule has 0 saturated heterocycles. The van der Waals surface area contributed by atoms with Gasteiger partial charge in [0.05, 0.1) is 0 Å². The Morgan fingerprint density at radius 3 is 2.50 bits per heavy atom. The van der Waals surface area contributed by atoms with Gasteiger partial charge in [0.1, 0.15) is 6.10 Å². The van der Waals surface area contributed by atoms with Gasteiger partial charge >= 0.3 is 0 Å². The maximum Gasteiger partial charge on any atom is 0.248 e. The van der Waals surface area contributed by atoms with Gasteiger partial charge in [-0.2, -0.15) is 0 Å². The van der Waals surface area contributed by atoms with Crippen molar-refractivity contribution in [3.63, 3.8) is 0 Å². The van der Waals surface area contributed by atoms with Crippen LogP contribution in [0.2, 0.25) is 0 Å². The van der Waals surface area contributed by atoms with Gasteiger partial charge < -0.3 is 15.8 Å². The molecule has 4 nitrogen and oxygen atoms in total. The van der Waals surface area contributed by atoms with E-state index >= 15 is 0 Å². The highest BCUT2D eigenvalue weighted by Crippen LogP contribution is 2.25. The minimum Gasteiger partial charge on any atom is -0.372 e. The van der Waals surface area contributed by atoms with Gasteiger partial charge in [-0.15, -0.1) is 12.4 Å². The summed E-state index contributed by atoms with van der Waals surface area (Å²) in [6.45, 7) is 2.30. The second kappa shape index (κ2) is 7.09. The van der Waals surface area contributed by atoms with Crippen LogP contribution < -0.4 is 11.1 Å². The Balaban J connectivity index is 0.00000225. The molecule has 16 heavy (non-hydrogen) atoms. The number of carbonyl (C=O) groups excluding carboxylic acids is 1. The first-order valence-electron chi connectivity index (χ1n) is 5.67. The van der Waals surface area contributed by atoms with Crippen LogP contribution in [-0.2, 0) is 9.53 Å². The Kier molecular flexibility index (Phi) is 6.95. The third kappa shape index (κ3) is 4.68. The quantitative estimate of drug-likeness (QED) is 0.789. The van der Waals surface area contributed by atoms with Crippen LogP contribution in [0.3, 0.4) is 0 Å². The van der Waals surface area contributed by atoms with E-state index in [1.807, 2.05) is 0 Å². The molecular formula is C11H23ClN2O2. The minimum atomic E-state index is -0.391. The fourth-order valence-corrected chi connectivity index (χ4v) is 1.95. The predicted octanol–water partition coefficient (Wildman–Crippen LogP) is 1.22. The molecule has 1 fully saturated rings. The average Bonchev–Trinajstić information content (AvgIpc) is 2.26. The van der Waals surface area contributed by atoms with Gasteiger partial charge in [-0.1, -0.05) is 19.3 Å². The number of hydrogen-bond donors (Lipinski definition) is 2. The molecule has 1 rings (SSSR count). The van der Waals surface area contributed by atoms with Crippen LogP contribution in [0.5, 0.6) is 0 Å².